The van der Waals surface area contributed by atoms with Crippen LogP contribution in [0.15, 0.2) is 46.7 Å². The van der Waals surface area contributed by atoms with Crippen LogP contribution >= 0.6 is 11.3 Å². The second-order valence-corrected chi connectivity index (χ2v) is 15.1. The zero-order valence-electron chi connectivity index (χ0n) is 29.1. The second kappa shape index (κ2) is 20.4. The monoisotopic (exact) mass is 796 g/mol. The fourth-order valence-corrected chi connectivity index (χ4v) is 6.90. The van der Waals surface area contributed by atoms with Crippen molar-refractivity contribution in [1.29, 1.82) is 0 Å². The quantitative estimate of drug-likeness (QED) is 0.0726. The molecule has 9 N–H and O–H groups in total. The van der Waals surface area contributed by atoms with Crippen LogP contribution < -0.4 is 31.3 Å². The molecular formula is C32H40N6O14S2. The zero-order valence-corrected chi connectivity index (χ0v) is 30.7. The summed E-state index contributed by atoms with van der Waals surface area (Å²) in [5.41, 5.74) is 0.370. The van der Waals surface area contributed by atoms with Crippen LogP contribution in [0.25, 0.3) is 0 Å². The number of benzene rings is 1. The zero-order chi connectivity index (χ0) is 40.7. The maximum absolute atomic E-state index is 13.4. The highest BCUT2D eigenvalue weighted by Gasteiger charge is 2.35. The Labute approximate surface area is 312 Å². The summed E-state index contributed by atoms with van der Waals surface area (Å²) in [4.78, 5) is 111. The van der Waals surface area contributed by atoms with E-state index in [4.69, 9.17) is 10.2 Å². The normalized spacial score (nSPS) is 13.3. The molecule has 1 aromatic heterocycles. The molecule has 0 radical (unpaired) electrons. The largest absolute Gasteiger partial charge is 0.481 e. The third-order valence-electron chi connectivity index (χ3n) is 7.21. The topological polar surface area (TPSA) is 321 Å². The number of rotatable bonds is 21. The van der Waals surface area contributed by atoms with E-state index >= 15 is 0 Å². The Morgan fingerprint density at radius 1 is 0.685 bits per heavy atom. The van der Waals surface area contributed by atoms with Crippen LogP contribution in [0.1, 0.15) is 61.7 Å². The molecule has 0 saturated heterocycles. The number of sulfonamides is 1. The van der Waals surface area contributed by atoms with E-state index in [1.807, 2.05) is 0 Å². The molecule has 0 aliphatic carbocycles. The average Bonchev–Trinajstić information content (AvgIpc) is 3.56. The van der Waals surface area contributed by atoms with E-state index < -0.39 is 119 Å². The van der Waals surface area contributed by atoms with Crippen molar-refractivity contribution in [1.82, 2.24) is 31.3 Å². The Morgan fingerprint density at radius 2 is 1.24 bits per heavy atom. The highest BCUT2D eigenvalue weighted by atomic mass is 32.2. The summed E-state index contributed by atoms with van der Waals surface area (Å²) in [6.45, 7) is 3.82. The number of nitrogens with one attached hydrogen (secondary N) is 6. The van der Waals surface area contributed by atoms with Crippen molar-refractivity contribution in [2.75, 3.05) is 0 Å². The van der Waals surface area contributed by atoms with Gasteiger partial charge in [-0.2, -0.15) is 0 Å². The van der Waals surface area contributed by atoms with Crippen molar-refractivity contribution in [2.45, 2.75) is 81.4 Å². The van der Waals surface area contributed by atoms with E-state index in [9.17, 15) is 56.7 Å². The minimum absolute atomic E-state index is 0.0546. The molecule has 1 aromatic carbocycles. The van der Waals surface area contributed by atoms with Crippen molar-refractivity contribution in [3.8, 4) is 0 Å². The molecular weight excluding hydrogens is 757 g/mol. The molecule has 6 amide bonds. The molecule has 0 fully saturated rings. The van der Waals surface area contributed by atoms with E-state index in [2.05, 4.69) is 26.6 Å². The van der Waals surface area contributed by atoms with Gasteiger partial charge in [-0.3, -0.25) is 43.2 Å². The van der Waals surface area contributed by atoms with E-state index in [1.54, 1.807) is 35.1 Å². The molecule has 54 heavy (non-hydrogen) atoms. The molecule has 20 nitrogen and oxygen atoms in total. The summed E-state index contributed by atoms with van der Waals surface area (Å²) in [6, 6.07) is 3.84. The fourth-order valence-electron chi connectivity index (χ4n) is 4.58. The predicted octanol–water partition coefficient (Wildman–Crippen LogP) is -1.09. The number of amides is 6. The molecule has 22 heteroatoms. The summed E-state index contributed by atoms with van der Waals surface area (Å²) in [6.07, 6.45) is -3.22. The van der Waals surface area contributed by atoms with Gasteiger partial charge >= 0.3 is 17.9 Å². The Morgan fingerprint density at radius 3 is 1.78 bits per heavy atom. The first-order valence-electron chi connectivity index (χ1n) is 16.0. The lowest BCUT2D eigenvalue weighted by Crippen LogP contribution is -2.59. The average molecular weight is 797 g/mol. The Kier molecular flexibility index (Phi) is 16.7. The summed E-state index contributed by atoms with van der Waals surface area (Å²) >= 11 is 0.709. The van der Waals surface area contributed by atoms with Gasteiger partial charge < -0.3 is 41.9 Å². The van der Waals surface area contributed by atoms with Gasteiger partial charge in [0.05, 0.1) is 19.4 Å². The van der Waals surface area contributed by atoms with Crippen molar-refractivity contribution in [2.24, 2.45) is 5.92 Å². The number of carbonyl (C=O) groups is 9. The van der Waals surface area contributed by atoms with Gasteiger partial charge in [-0.25, -0.2) is 13.1 Å². The molecule has 2 aromatic rings. The number of carbonyl (C=O) groups excluding carboxylic acids is 6. The van der Waals surface area contributed by atoms with Crippen LogP contribution in [-0.2, 0) is 54.9 Å². The minimum atomic E-state index is -4.62. The predicted molar refractivity (Wildman–Crippen MR) is 187 cm³/mol. The summed E-state index contributed by atoms with van der Waals surface area (Å²) < 4.78 is 27.5. The molecule has 294 valence electrons. The smallest absolute Gasteiger partial charge is 0.305 e. The first-order chi connectivity index (χ1) is 25.2. The van der Waals surface area contributed by atoms with Gasteiger partial charge in [0.1, 0.15) is 28.4 Å². The summed E-state index contributed by atoms with van der Waals surface area (Å²) in [5, 5.41) is 39.0. The summed E-state index contributed by atoms with van der Waals surface area (Å²) in [5.74, 6) is -11.4. The Bertz CT molecular complexity index is 1830. The van der Waals surface area contributed by atoms with Gasteiger partial charge in [0.25, 0.3) is 21.8 Å². The maximum Gasteiger partial charge on any atom is 0.305 e. The highest BCUT2D eigenvalue weighted by molar-refractivity contribution is 7.92. The molecule has 0 aliphatic rings. The molecule has 2 rings (SSSR count). The van der Waals surface area contributed by atoms with Crippen LogP contribution in [0.3, 0.4) is 0 Å². The number of hydrogen-bond donors (Lipinski definition) is 9. The van der Waals surface area contributed by atoms with Gasteiger partial charge in [-0.1, -0.05) is 32.0 Å². The molecule has 0 bridgehead atoms. The van der Waals surface area contributed by atoms with E-state index in [0.29, 0.717) is 21.8 Å². The third-order valence-corrected chi connectivity index (χ3v) is 10.1. The molecule has 4 atom stereocenters. The summed E-state index contributed by atoms with van der Waals surface area (Å²) in [7, 11) is -4.62. The van der Waals surface area contributed by atoms with Crippen molar-refractivity contribution >= 4 is 74.7 Å². The van der Waals surface area contributed by atoms with Gasteiger partial charge in [-0.05, 0) is 36.6 Å². The fraction of sp³-hybridized carbons (Fsp3) is 0.406. The highest BCUT2D eigenvalue weighted by Crippen LogP contribution is 2.22. The minimum Gasteiger partial charge on any atom is -0.481 e. The number of carboxylic acid groups (broad SMARTS) is 3. The van der Waals surface area contributed by atoms with Crippen LogP contribution in [0.4, 0.5) is 0 Å². The van der Waals surface area contributed by atoms with Crippen molar-refractivity contribution in [3.63, 3.8) is 0 Å². The molecule has 0 unspecified atom stereocenters. The Balaban J connectivity index is 2.20. The second-order valence-electron chi connectivity index (χ2n) is 12.0. The van der Waals surface area contributed by atoms with Gasteiger partial charge in [-0.15, -0.1) is 11.3 Å². The lowest BCUT2D eigenvalue weighted by molar-refractivity contribution is -0.142. The van der Waals surface area contributed by atoms with Crippen molar-refractivity contribution in [3.05, 3.63) is 52.9 Å². The van der Waals surface area contributed by atoms with E-state index in [-0.39, 0.29) is 10.8 Å². The number of carboxylic acids is 3. The van der Waals surface area contributed by atoms with Crippen LogP contribution in [0.2, 0.25) is 0 Å². The molecule has 0 aliphatic heterocycles. The Hall–Kier alpha value is -5.90. The van der Waals surface area contributed by atoms with Crippen LogP contribution in [0, 0.1) is 5.92 Å². The lowest BCUT2D eigenvalue weighted by atomic mass is 10.0. The molecule has 0 spiro atoms. The van der Waals surface area contributed by atoms with Gasteiger partial charge in [0.2, 0.25) is 23.6 Å². The number of hydrogen-bond acceptors (Lipinski definition) is 12. The SMILES string of the molecule is CC(=O)N[C@@H](CC(=O)O)C(=O)N[C@@H](CCC(=O)O)C(=O)N[C@H](C(=O)N[C@@H](CC(=O)O)C(=O)NS(=O)(=O)c1ccc(CNC(=O)c2ccccc2)s1)C(C)C. The van der Waals surface area contributed by atoms with Crippen LogP contribution in [-0.4, -0.2) is 101 Å². The van der Waals surface area contributed by atoms with Gasteiger partial charge in [0, 0.05) is 23.8 Å². The standard InChI is InChI=1S/C32H40N6O14S2/c1-16(2)27(37-29(47)20(10-11-23(40)41)35-30(48)21(13-24(42)43)34-17(3)39)32(50)36-22(14-25(44)45)31(49)38-54(51,52)26-12-9-19(53-26)15-33-28(46)18-7-5-4-6-8-18/h4-9,12,16,20-22,27H,10-11,13-15H2,1-3H3,(H,33,46)(H,34,39)(H,35,48)(H,36,50)(H,37,47)(H,38,49)(H,40,41)(H,42,43)(H,44,45)/t20-,21-,22-,27-/m0/s1. The van der Waals surface area contributed by atoms with Gasteiger partial charge in [0.15, 0.2) is 0 Å². The first kappa shape index (κ1) is 44.3. The molecule has 1 heterocycles. The lowest BCUT2D eigenvalue weighted by Gasteiger charge is -2.27. The van der Waals surface area contributed by atoms with E-state index in [0.717, 1.165) is 13.0 Å². The van der Waals surface area contributed by atoms with E-state index in [1.165, 1.54) is 19.9 Å². The maximum atomic E-state index is 13.4. The number of thiophene rings is 1. The third kappa shape index (κ3) is 14.6. The first-order valence-corrected chi connectivity index (χ1v) is 18.3. The van der Waals surface area contributed by atoms with Crippen molar-refractivity contribution < 1.29 is 66.9 Å². The van der Waals surface area contributed by atoms with Crippen LogP contribution in [0.5, 0.6) is 0 Å². The molecule has 0 saturated carbocycles. The number of aliphatic carboxylic acids is 3.